The maximum atomic E-state index is 6.11. The van der Waals surface area contributed by atoms with Crippen LogP contribution in [0.25, 0.3) is 0 Å². The Morgan fingerprint density at radius 2 is 1.50 bits per heavy atom. The molecule has 14 heavy (non-hydrogen) atoms. The van der Waals surface area contributed by atoms with Crippen LogP contribution in [0.15, 0.2) is 0 Å². The lowest BCUT2D eigenvalue weighted by atomic mass is 9.95. The summed E-state index contributed by atoms with van der Waals surface area (Å²) < 4.78 is 0. The van der Waals surface area contributed by atoms with Crippen molar-refractivity contribution in [2.75, 3.05) is 0 Å². The Morgan fingerprint density at radius 3 is 2.00 bits per heavy atom. The molecule has 2 unspecified atom stereocenters. The Balaban J connectivity index is 3.25. The quantitative estimate of drug-likeness (QED) is 0.360. The van der Waals surface area contributed by atoms with E-state index < -0.39 is 0 Å². The van der Waals surface area contributed by atoms with Gasteiger partial charge in [-0.15, -0.1) is 11.6 Å². The molecule has 0 saturated carbocycles. The fourth-order valence-electron chi connectivity index (χ4n) is 1.95. The standard InChI is InChI=1S/C13H27Cl/c1-4-6-7-8-9-10-11-13(5-2)12(3)14/h12-13H,4-11H2,1-3H3. The highest BCUT2D eigenvalue weighted by Crippen LogP contribution is 2.21. The van der Waals surface area contributed by atoms with Gasteiger partial charge in [-0.1, -0.05) is 58.8 Å². The lowest BCUT2D eigenvalue weighted by Gasteiger charge is -2.16. The normalized spacial score (nSPS) is 15.4. The summed E-state index contributed by atoms with van der Waals surface area (Å²) in [6, 6.07) is 0. The average Bonchev–Trinajstić information content (AvgIpc) is 2.16. The van der Waals surface area contributed by atoms with Crippen molar-refractivity contribution >= 4 is 11.6 Å². The Bertz CT molecular complexity index is 110. The summed E-state index contributed by atoms with van der Waals surface area (Å²) in [5.41, 5.74) is 0. The second-order valence-corrected chi connectivity index (χ2v) is 5.09. The van der Waals surface area contributed by atoms with Crippen LogP contribution >= 0.6 is 11.6 Å². The average molecular weight is 219 g/mol. The molecule has 0 aromatic heterocycles. The van der Waals surface area contributed by atoms with E-state index in [0.29, 0.717) is 5.38 Å². The van der Waals surface area contributed by atoms with Crippen LogP contribution in [0.5, 0.6) is 0 Å². The minimum atomic E-state index is 0.357. The minimum absolute atomic E-state index is 0.357. The lowest BCUT2D eigenvalue weighted by Crippen LogP contribution is -2.09. The largest absolute Gasteiger partial charge is 0.123 e. The summed E-state index contributed by atoms with van der Waals surface area (Å²) >= 11 is 6.11. The van der Waals surface area contributed by atoms with E-state index in [1.54, 1.807) is 0 Å². The summed E-state index contributed by atoms with van der Waals surface area (Å²) in [5, 5.41) is 0.357. The van der Waals surface area contributed by atoms with Gasteiger partial charge in [0.25, 0.3) is 0 Å². The molecule has 1 heteroatoms. The maximum Gasteiger partial charge on any atom is 0.0335 e. The van der Waals surface area contributed by atoms with Gasteiger partial charge >= 0.3 is 0 Å². The first-order chi connectivity index (χ1) is 6.72. The van der Waals surface area contributed by atoms with E-state index in [9.17, 15) is 0 Å². The molecule has 0 nitrogen and oxygen atoms in total. The van der Waals surface area contributed by atoms with Crippen LogP contribution in [0.2, 0.25) is 0 Å². The molecule has 0 spiro atoms. The molecule has 0 heterocycles. The molecule has 0 aromatic rings. The minimum Gasteiger partial charge on any atom is -0.123 e. The molecular weight excluding hydrogens is 192 g/mol. The molecule has 0 fully saturated rings. The van der Waals surface area contributed by atoms with Crippen molar-refractivity contribution in [2.45, 2.75) is 77.5 Å². The highest BCUT2D eigenvalue weighted by molar-refractivity contribution is 6.20. The van der Waals surface area contributed by atoms with E-state index in [0.717, 1.165) is 5.92 Å². The van der Waals surface area contributed by atoms with E-state index in [4.69, 9.17) is 11.6 Å². The van der Waals surface area contributed by atoms with E-state index in [1.807, 2.05) is 0 Å². The van der Waals surface area contributed by atoms with Crippen LogP contribution in [0.3, 0.4) is 0 Å². The first kappa shape index (κ1) is 14.3. The second-order valence-electron chi connectivity index (χ2n) is 4.40. The molecule has 0 N–H and O–H groups in total. The molecule has 0 rings (SSSR count). The van der Waals surface area contributed by atoms with Crippen molar-refractivity contribution < 1.29 is 0 Å². The van der Waals surface area contributed by atoms with Gasteiger partial charge in [0.1, 0.15) is 0 Å². The van der Waals surface area contributed by atoms with Gasteiger partial charge in [0, 0.05) is 5.38 Å². The fraction of sp³-hybridized carbons (Fsp3) is 1.00. The van der Waals surface area contributed by atoms with Crippen molar-refractivity contribution in [1.82, 2.24) is 0 Å². The Labute approximate surface area is 95.4 Å². The molecule has 0 bridgehead atoms. The molecule has 0 aliphatic rings. The third kappa shape index (κ3) is 7.67. The zero-order valence-electron chi connectivity index (χ0n) is 10.2. The topological polar surface area (TPSA) is 0 Å². The van der Waals surface area contributed by atoms with Gasteiger partial charge in [-0.2, -0.15) is 0 Å². The Hall–Kier alpha value is 0.290. The van der Waals surface area contributed by atoms with Crippen molar-refractivity contribution in [3.8, 4) is 0 Å². The number of unbranched alkanes of at least 4 members (excludes halogenated alkanes) is 5. The van der Waals surface area contributed by atoms with Crippen molar-refractivity contribution in [1.29, 1.82) is 0 Å². The molecule has 0 aliphatic carbocycles. The first-order valence-electron chi connectivity index (χ1n) is 6.36. The predicted octanol–water partition coefficient (Wildman–Crippen LogP) is 5.39. The second kappa shape index (κ2) is 9.83. The van der Waals surface area contributed by atoms with E-state index in [1.165, 1.54) is 51.4 Å². The highest BCUT2D eigenvalue weighted by Gasteiger charge is 2.11. The first-order valence-corrected chi connectivity index (χ1v) is 6.80. The molecule has 0 aliphatic heterocycles. The number of hydrogen-bond acceptors (Lipinski definition) is 0. The third-order valence-corrected chi connectivity index (χ3v) is 3.46. The van der Waals surface area contributed by atoms with Crippen LogP contribution in [0.1, 0.15) is 72.1 Å². The van der Waals surface area contributed by atoms with Gasteiger partial charge in [0.2, 0.25) is 0 Å². The maximum absolute atomic E-state index is 6.11. The zero-order valence-corrected chi connectivity index (χ0v) is 10.9. The predicted molar refractivity (Wildman–Crippen MR) is 67.1 cm³/mol. The van der Waals surface area contributed by atoms with E-state index in [-0.39, 0.29) is 0 Å². The number of rotatable bonds is 9. The van der Waals surface area contributed by atoms with Crippen LogP contribution in [0.4, 0.5) is 0 Å². The summed E-state index contributed by atoms with van der Waals surface area (Å²) in [7, 11) is 0. The monoisotopic (exact) mass is 218 g/mol. The number of halogens is 1. The SMILES string of the molecule is CCCCCCCCC(CC)C(C)Cl. The highest BCUT2D eigenvalue weighted by atomic mass is 35.5. The Morgan fingerprint density at radius 1 is 0.929 bits per heavy atom. The van der Waals surface area contributed by atoms with Crippen molar-refractivity contribution in [3.05, 3.63) is 0 Å². The van der Waals surface area contributed by atoms with Gasteiger partial charge in [-0.05, 0) is 19.3 Å². The van der Waals surface area contributed by atoms with E-state index >= 15 is 0 Å². The smallest absolute Gasteiger partial charge is 0.0335 e. The number of alkyl halides is 1. The molecular formula is C13H27Cl. The molecule has 2 atom stereocenters. The van der Waals surface area contributed by atoms with Crippen LogP contribution in [0, 0.1) is 5.92 Å². The van der Waals surface area contributed by atoms with Gasteiger partial charge in [-0.3, -0.25) is 0 Å². The van der Waals surface area contributed by atoms with E-state index in [2.05, 4.69) is 20.8 Å². The third-order valence-electron chi connectivity index (χ3n) is 3.10. The molecule has 0 aromatic carbocycles. The summed E-state index contributed by atoms with van der Waals surface area (Å²) in [4.78, 5) is 0. The molecule has 0 radical (unpaired) electrons. The van der Waals surface area contributed by atoms with Crippen LogP contribution < -0.4 is 0 Å². The van der Waals surface area contributed by atoms with Crippen molar-refractivity contribution in [2.24, 2.45) is 5.92 Å². The van der Waals surface area contributed by atoms with Gasteiger partial charge < -0.3 is 0 Å². The summed E-state index contributed by atoms with van der Waals surface area (Å²) in [6.07, 6.45) is 10.9. The molecule has 0 saturated heterocycles. The molecule has 86 valence electrons. The van der Waals surface area contributed by atoms with Crippen LogP contribution in [-0.2, 0) is 0 Å². The molecule has 0 amide bonds. The van der Waals surface area contributed by atoms with Gasteiger partial charge in [0.15, 0.2) is 0 Å². The zero-order chi connectivity index (χ0) is 10.8. The lowest BCUT2D eigenvalue weighted by molar-refractivity contribution is 0.432. The summed E-state index contributed by atoms with van der Waals surface area (Å²) in [6.45, 7) is 6.65. The Kier molecular flexibility index (Phi) is 10.0. The number of hydrogen-bond donors (Lipinski definition) is 0. The van der Waals surface area contributed by atoms with Gasteiger partial charge in [0.05, 0.1) is 0 Å². The van der Waals surface area contributed by atoms with Crippen LogP contribution in [-0.4, -0.2) is 5.38 Å². The summed E-state index contributed by atoms with van der Waals surface area (Å²) in [5.74, 6) is 0.739. The van der Waals surface area contributed by atoms with Crippen molar-refractivity contribution in [3.63, 3.8) is 0 Å². The fourth-order valence-corrected chi connectivity index (χ4v) is 2.25. The van der Waals surface area contributed by atoms with Gasteiger partial charge in [-0.25, -0.2) is 0 Å².